The van der Waals surface area contributed by atoms with E-state index in [-0.39, 0.29) is 17.9 Å². The average Bonchev–Trinajstić information content (AvgIpc) is 2.82. The Morgan fingerprint density at radius 2 is 1.77 bits per heavy atom. The summed E-state index contributed by atoms with van der Waals surface area (Å²) in [6.07, 6.45) is 0.426. The quantitative estimate of drug-likeness (QED) is 0.826. The molecular formula is C19H32N4O3. The molecular weight excluding hydrogens is 332 g/mol. The van der Waals surface area contributed by atoms with Crippen LogP contribution in [0.2, 0.25) is 0 Å². The van der Waals surface area contributed by atoms with Gasteiger partial charge in [0.25, 0.3) is 5.91 Å². The molecule has 0 aromatic carbocycles. The van der Waals surface area contributed by atoms with Crippen molar-refractivity contribution in [2.24, 2.45) is 0 Å². The summed E-state index contributed by atoms with van der Waals surface area (Å²) in [5.41, 5.74) is 1.04. The van der Waals surface area contributed by atoms with Crippen molar-refractivity contribution in [1.82, 2.24) is 19.6 Å². The smallest absolute Gasteiger partial charge is 0.410 e. The molecule has 7 heteroatoms. The number of amides is 2. The van der Waals surface area contributed by atoms with Gasteiger partial charge in [-0.25, -0.2) is 4.79 Å². The fourth-order valence-corrected chi connectivity index (χ4v) is 2.92. The molecule has 1 aliphatic heterocycles. The van der Waals surface area contributed by atoms with Gasteiger partial charge in [-0.05, 0) is 46.1 Å². The van der Waals surface area contributed by atoms with Crippen molar-refractivity contribution in [3.05, 3.63) is 17.5 Å². The van der Waals surface area contributed by atoms with Gasteiger partial charge in [0, 0.05) is 32.7 Å². The van der Waals surface area contributed by atoms with Crippen LogP contribution < -0.4 is 0 Å². The maximum Gasteiger partial charge on any atom is 0.410 e. The molecule has 1 aromatic rings. The Kier molecular flexibility index (Phi) is 6.31. The van der Waals surface area contributed by atoms with Crippen LogP contribution in [-0.4, -0.2) is 63.4 Å². The number of ether oxygens (including phenoxy) is 1. The largest absolute Gasteiger partial charge is 0.444 e. The summed E-state index contributed by atoms with van der Waals surface area (Å²) < 4.78 is 7.22. The van der Waals surface area contributed by atoms with Crippen LogP contribution >= 0.6 is 0 Å². The number of aryl methyl sites for hydroxylation is 1. The summed E-state index contributed by atoms with van der Waals surface area (Å²) in [5, 5.41) is 4.54. The molecule has 1 aromatic heterocycles. The molecule has 1 aliphatic rings. The standard InChI is InChI=1S/C19H32N4O3/c1-7-23-16(13-15(20-23)14(2)3)17(24)21-9-8-10-22(12-11-21)18(25)26-19(4,5)6/h13-14H,7-12H2,1-6H3. The number of hydrogen-bond donors (Lipinski definition) is 0. The fourth-order valence-electron chi connectivity index (χ4n) is 2.92. The molecule has 2 rings (SSSR count). The van der Waals surface area contributed by atoms with Gasteiger partial charge in [0.2, 0.25) is 0 Å². The number of hydrogen-bond acceptors (Lipinski definition) is 4. The zero-order valence-corrected chi connectivity index (χ0v) is 16.9. The Labute approximate surface area is 156 Å². The van der Waals surface area contributed by atoms with Crippen molar-refractivity contribution in [3.63, 3.8) is 0 Å². The Balaban J connectivity index is 2.07. The van der Waals surface area contributed by atoms with Crippen LogP contribution in [0, 0.1) is 0 Å². The van der Waals surface area contributed by atoms with Gasteiger partial charge in [0.05, 0.1) is 5.69 Å². The third-order valence-corrected chi connectivity index (χ3v) is 4.34. The molecule has 2 amide bonds. The van der Waals surface area contributed by atoms with E-state index in [0.717, 1.165) is 12.1 Å². The first-order valence-corrected chi connectivity index (χ1v) is 9.47. The van der Waals surface area contributed by atoms with Gasteiger partial charge in [-0.3, -0.25) is 9.48 Å². The minimum absolute atomic E-state index is 0.0164. The summed E-state index contributed by atoms with van der Waals surface area (Å²) in [6.45, 7) is 14.6. The molecule has 146 valence electrons. The second-order valence-corrected chi connectivity index (χ2v) is 8.04. The van der Waals surface area contributed by atoms with E-state index >= 15 is 0 Å². The van der Waals surface area contributed by atoms with Crippen LogP contribution in [0.1, 0.15) is 70.1 Å². The fraction of sp³-hybridized carbons (Fsp3) is 0.737. The summed E-state index contributed by atoms with van der Waals surface area (Å²) in [7, 11) is 0. The topological polar surface area (TPSA) is 67.7 Å². The highest BCUT2D eigenvalue weighted by Crippen LogP contribution is 2.18. The molecule has 7 nitrogen and oxygen atoms in total. The molecule has 0 spiro atoms. The van der Waals surface area contributed by atoms with Crippen LogP contribution in [0.5, 0.6) is 0 Å². The molecule has 2 heterocycles. The van der Waals surface area contributed by atoms with Crippen molar-refractivity contribution in [2.75, 3.05) is 26.2 Å². The summed E-state index contributed by atoms with van der Waals surface area (Å²) in [5.74, 6) is 0.262. The number of nitrogens with zero attached hydrogens (tertiary/aromatic N) is 4. The summed E-state index contributed by atoms with van der Waals surface area (Å²) in [6, 6.07) is 1.90. The molecule has 26 heavy (non-hydrogen) atoms. The monoisotopic (exact) mass is 364 g/mol. The Bertz CT molecular complexity index is 646. The third kappa shape index (κ3) is 4.99. The van der Waals surface area contributed by atoms with Gasteiger partial charge in [-0.1, -0.05) is 13.8 Å². The number of rotatable bonds is 3. The molecule has 0 saturated carbocycles. The maximum absolute atomic E-state index is 13.0. The van der Waals surface area contributed by atoms with E-state index in [1.54, 1.807) is 9.58 Å². The Hall–Kier alpha value is -2.05. The lowest BCUT2D eigenvalue weighted by atomic mass is 10.1. The zero-order valence-electron chi connectivity index (χ0n) is 16.9. The van der Waals surface area contributed by atoms with E-state index < -0.39 is 5.60 Å². The minimum Gasteiger partial charge on any atom is -0.444 e. The minimum atomic E-state index is -0.514. The van der Waals surface area contributed by atoms with Crippen molar-refractivity contribution in [3.8, 4) is 0 Å². The Morgan fingerprint density at radius 3 is 2.35 bits per heavy atom. The lowest BCUT2D eigenvalue weighted by Crippen LogP contribution is -2.40. The van der Waals surface area contributed by atoms with Gasteiger partial charge < -0.3 is 14.5 Å². The van der Waals surface area contributed by atoms with Gasteiger partial charge in [-0.2, -0.15) is 5.10 Å². The van der Waals surface area contributed by atoms with Gasteiger partial charge in [0.1, 0.15) is 11.3 Å². The first kappa shape index (κ1) is 20.3. The normalized spacial score (nSPS) is 16.0. The van der Waals surface area contributed by atoms with Crippen LogP contribution in [-0.2, 0) is 11.3 Å². The molecule has 0 atom stereocenters. The van der Waals surface area contributed by atoms with Gasteiger partial charge in [-0.15, -0.1) is 0 Å². The highest BCUT2D eigenvalue weighted by molar-refractivity contribution is 5.92. The summed E-state index contributed by atoms with van der Waals surface area (Å²) >= 11 is 0. The predicted octanol–water partition coefficient (Wildman–Crippen LogP) is 3.11. The van der Waals surface area contributed by atoms with Crippen LogP contribution in [0.15, 0.2) is 6.07 Å². The average molecular weight is 364 g/mol. The second kappa shape index (κ2) is 8.10. The molecule has 1 saturated heterocycles. The Morgan fingerprint density at radius 1 is 1.15 bits per heavy atom. The third-order valence-electron chi connectivity index (χ3n) is 4.34. The van der Waals surface area contributed by atoms with E-state index in [9.17, 15) is 9.59 Å². The van der Waals surface area contributed by atoms with Crippen molar-refractivity contribution in [1.29, 1.82) is 0 Å². The first-order chi connectivity index (χ1) is 12.1. The number of carbonyl (C=O) groups excluding carboxylic acids is 2. The number of aromatic nitrogens is 2. The van der Waals surface area contributed by atoms with E-state index in [1.807, 2.05) is 38.7 Å². The van der Waals surface area contributed by atoms with Gasteiger partial charge in [0.15, 0.2) is 0 Å². The van der Waals surface area contributed by atoms with Crippen LogP contribution in [0.4, 0.5) is 4.79 Å². The first-order valence-electron chi connectivity index (χ1n) is 9.47. The van der Waals surface area contributed by atoms with E-state index in [2.05, 4.69) is 18.9 Å². The van der Waals surface area contributed by atoms with Crippen molar-refractivity contribution < 1.29 is 14.3 Å². The van der Waals surface area contributed by atoms with Crippen molar-refractivity contribution >= 4 is 12.0 Å². The van der Waals surface area contributed by atoms with E-state index in [0.29, 0.717) is 38.4 Å². The molecule has 1 fully saturated rings. The zero-order chi connectivity index (χ0) is 19.5. The predicted molar refractivity (Wildman–Crippen MR) is 100 cm³/mol. The van der Waals surface area contributed by atoms with Gasteiger partial charge >= 0.3 is 6.09 Å². The molecule has 0 bridgehead atoms. The molecule has 0 radical (unpaired) electrons. The van der Waals surface area contributed by atoms with Crippen molar-refractivity contribution in [2.45, 2.75) is 66.0 Å². The van der Waals surface area contributed by atoms with Crippen LogP contribution in [0.3, 0.4) is 0 Å². The molecule has 0 aliphatic carbocycles. The summed E-state index contributed by atoms with van der Waals surface area (Å²) in [4.78, 5) is 28.8. The number of carbonyl (C=O) groups is 2. The lowest BCUT2D eigenvalue weighted by molar-refractivity contribution is 0.0255. The van der Waals surface area contributed by atoms with E-state index in [4.69, 9.17) is 4.74 Å². The maximum atomic E-state index is 13.0. The highest BCUT2D eigenvalue weighted by atomic mass is 16.6. The lowest BCUT2D eigenvalue weighted by Gasteiger charge is -2.26. The SMILES string of the molecule is CCn1nc(C(C)C)cc1C(=O)N1CCCN(C(=O)OC(C)(C)C)CC1. The molecule has 0 unspecified atom stereocenters. The highest BCUT2D eigenvalue weighted by Gasteiger charge is 2.28. The second-order valence-electron chi connectivity index (χ2n) is 8.04. The van der Waals surface area contributed by atoms with Crippen LogP contribution in [0.25, 0.3) is 0 Å². The van der Waals surface area contributed by atoms with E-state index in [1.165, 1.54) is 0 Å². The molecule has 0 N–H and O–H groups in total.